The Morgan fingerprint density at radius 2 is 1.85 bits per heavy atom. The van der Waals surface area contributed by atoms with Crippen LogP contribution < -0.4 is 0 Å². The lowest BCUT2D eigenvalue weighted by Crippen LogP contribution is -2.09. The molecule has 1 nitrogen and oxygen atoms in total. The Balaban J connectivity index is 2.58. The van der Waals surface area contributed by atoms with Crippen molar-refractivity contribution in [3.8, 4) is 12.3 Å². The molecule has 0 aromatic carbocycles. The zero-order valence-electron chi connectivity index (χ0n) is 6.85. The smallest absolute Gasteiger partial charge is 0.149 e. The number of terminal acetylenes is 1. The minimum Gasteiger partial charge on any atom is -0.259 e. The number of hydrogen-bond donors (Lipinski definition) is 0. The van der Waals surface area contributed by atoms with E-state index in [0.717, 1.165) is 12.4 Å². The standard InChI is InChI=1S/C10H7F2N/c1-2-10(3-4-10)9-7(11)5-13-6-8(9)12/h1,5-6H,3-4H2. The molecule has 2 rings (SSSR count). The molecule has 0 amide bonds. The molecular formula is C10H7F2N. The summed E-state index contributed by atoms with van der Waals surface area (Å²) >= 11 is 0. The molecule has 0 bridgehead atoms. The van der Waals surface area contributed by atoms with E-state index in [4.69, 9.17) is 6.42 Å². The van der Waals surface area contributed by atoms with Gasteiger partial charge in [0, 0.05) is 5.56 Å². The quantitative estimate of drug-likeness (QED) is 0.601. The Hall–Kier alpha value is -1.43. The van der Waals surface area contributed by atoms with Gasteiger partial charge in [-0.05, 0) is 12.8 Å². The molecule has 0 unspecified atom stereocenters. The summed E-state index contributed by atoms with van der Waals surface area (Å²) in [7, 11) is 0. The molecule has 1 aromatic heterocycles. The molecule has 3 heteroatoms. The summed E-state index contributed by atoms with van der Waals surface area (Å²) in [6.07, 6.45) is 8.53. The van der Waals surface area contributed by atoms with Crippen molar-refractivity contribution in [1.29, 1.82) is 0 Å². The first-order chi connectivity index (χ1) is 6.19. The lowest BCUT2D eigenvalue weighted by atomic mass is 9.97. The zero-order valence-corrected chi connectivity index (χ0v) is 6.85. The highest BCUT2D eigenvalue weighted by Crippen LogP contribution is 2.49. The Morgan fingerprint density at radius 3 is 2.23 bits per heavy atom. The highest BCUT2D eigenvalue weighted by molar-refractivity contribution is 5.41. The first-order valence-electron chi connectivity index (χ1n) is 3.97. The fourth-order valence-corrected chi connectivity index (χ4v) is 1.46. The van der Waals surface area contributed by atoms with Crippen LogP contribution in [-0.2, 0) is 5.41 Å². The van der Waals surface area contributed by atoms with E-state index < -0.39 is 17.0 Å². The topological polar surface area (TPSA) is 12.9 Å². The maximum atomic E-state index is 13.2. The van der Waals surface area contributed by atoms with Crippen LogP contribution in [0.3, 0.4) is 0 Å². The van der Waals surface area contributed by atoms with Gasteiger partial charge in [0.05, 0.1) is 17.8 Å². The molecule has 1 aromatic rings. The fraction of sp³-hybridized carbons (Fsp3) is 0.300. The lowest BCUT2D eigenvalue weighted by molar-refractivity contribution is 0.534. The first-order valence-corrected chi connectivity index (χ1v) is 3.97. The van der Waals surface area contributed by atoms with E-state index in [9.17, 15) is 8.78 Å². The monoisotopic (exact) mass is 179 g/mol. The minimum absolute atomic E-state index is 0.00463. The highest BCUT2D eigenvalue weighted by Gasteiger charge is 2.46. The summed E-state index contributed by atoms with van der Waals surface area (Å²) in [5.41, 5.74) is -0.693. The Kier molecular flexibility index (Phi) is 1.59. The molecule has 1 aliphatic carbocycles. The van der Waals surface area contributed by atoms with Gasteiger partial charge in [0.15, 0.2) is 0 Å². The number of aromatic nitrogens is 1. The van der Waals surface area contributed by atoms with E-state index >= 15 is 0 Å². The summed E-state index contributed by atoms with van der Waals surface area (Å²) in [6, 6.07) is 0. The predicted molar refractivity (Wildman–Crippen MR) is 43.9 cm³/mol. The average molecular weight is 179 g/mol. The number of hydrogen-bond acceptors (Lipinski definition) is 1. The molecule has 1 fully saturated rings. The maximum absolute atomic E-state index is 13.2. The van der Waals surface area contributed by atoms with Gasteiger partial charge in [-0.25, -0.2) is 8.78 Å². The third kappa shape index (κ3) is 1.10. The Labute approximate surface area is 74.8 Å². The molecular weight excluding hydrogens is 172 g/mol. The van der Waals surface area contributed by atoms with Crippen molar-refractivity contribution in [2.75, 3.05) is 0 Å². The van der Waals surface area contributed by atoms with Crippen LogP contribution in [0.4, 0.5) is 8.78 Å². The number of rotatable bonds is 1. The van der Waals surface area contributed by atoms with Crippen molar-refractivity contribution >= 4 is 0 Å². The molecule has 1 aliphatic rings. The van der Waals surface area contributed by atoms with Crippen molar-refractivity contribution in [3.05, 3.63) is 29.6 Å². The van der Waals surface area contributed by atoms with Gasteiger partial charge in [-0.1, -0.05) is 5.92 Å². The zero-order chi connectivity index (χ0) is 9.47. The summed E-state index contributed by atoms with van der Waals surface area (Å²) in [6.45, 7) is 0. The predicted octanol–water partition coefficient (Wildman–Crippen LogP) is 2.02. The van der Waals surface area contributed by atoms with Crippen LogP contribution in [0.1, 0.15) is 18.4 Å². The van der Waals surface area contributed by atoms with Crippen LogP contribution >= 0.6 is 0 Å². The summed E-state index contributed by atoms with van der Waals surface area (Å²) in [4.78, 5) is 3.40. The second-order valence-electron chi connectivity index (χ2n) is 3.20. The van der Waals surface area contributed by atoms with Gasteiger partial charge < -0.3 is 0 Å². The first kappa shape index (κ1) is 8.18. The molecule has 66 valence electrons. The second-order valence-corrected chi connectivity index (χ2v) is 3.20. The van der Waals surface area contributed by atoms with Gasteiger partial charge in [-0.15, -0.1) is 6.42 Å². The lowest BCUT2D eigenvalue weighted by Gasteiger charge is -2.09. The van der Waals surface area contributed by atoms with Crippen molar-refractivity contribution in [2.24, 2.45) is 0 Å². The second kappa shape index (κ2) is 2.53. The van der Waals surface area contributed by atoms with E-state index in [2.05, 4.69) is 10.9 Å². The SMILES string of the molecule is C#CC1(c2c(F)cncc2F)CC1. The van der Waals surface area contributed by atoms with E-state index in [0.29, 0.717) is 12.8 Å². The summed E-state index contributed by atoms with van der Waals surface area (Å²) < 4.78 is 26.4. The van der Waals surface area contributed by atoms with Gasteiger partial charge in [0.2, 0.25) is 0 Å². The third-order valence-corrected chi connectivity index (χ3v) is 2.36. The Morgan fingerprint density at radius 1 is 1.31 bits per heavy atom. The van der Waals surface area contributed by atoms with Crippen molar-refractivity contribution in [2.45, 2.75) is 18.3 Å². The highest BCUT2D eigenvalue weighted by atomic mass is 19.1. The van der Waals surface area contributed by atoms with Gasteiger partial charge in [0.25, 0.3) is 0 Å². The average Bonchev–Trinajstić information content (AvgIpc) is 2.85. The molecule has 1 saturated carbocycles. The van der Waals surface area contributed by atoms with Crippen LogP contribution in [0.2, 0.25) is 0 Å². The van der Waals surface area contributed by atoms with Crippen LogP contribution in [0.5, 0.6) is 0 Å². The maximum Gasteiger partial charge on any atom is 0.149 e. The molecule has 0 spiro atoms. The van der Waals surface area contributed by atoms with E-state index in [1.807, 2.05) is 0 Å². The van der Waals surface area contributed by atoms with E-state index in [1.54, 1.807) is 0 Å². The molecule has 0 saturated heterocycles. The van der Waals surface area contributed by atoms with Gasteiger partial charge in [-0.2, -0.15) is 0 Å². The number of halogens is 2. The van der Waals surface area contributed by atoms with E-state index in [-0.39, 0.29) is 5.56 Å². The Bertz CT molecular complexity index is 368. The van der Waals surface area contributed by atoms with Crippen LogP contribution in [-0.4, -0.2) is 4.98 Å². The third-order valence-electron chi connectivity index (χ3n) is 2.36. The van der Waals surface area contributed by atoms with Crippen molar-refractivity contribution in [3.63, 3.8) is 0 Å². The largest absolute Gasteiger partial charge is 0.259 e. The molecule has 0 N–H and O–H groups in total. The minimum atomic E-state index is -0.697. The molecule has 0 atom stereocenters. The van der Waals surface area contributed by atoms with Crippen LogP contribution in [0, 0.1) is 24.0 Å². The van der Waals surface area contributed by atoms with Crippen molar-refractivity contribution in [1.82, 2.24) is 4.98 Å². The fourth-order valence-electron chi connectivity index (χ4n) is 1.46. The molecule has 13 heavy (non-hydrogen) atoms. The molecule has 1 heterocycles. The molecule has 0 radical (unpaired) electrons. The number of pyridine rings is 1. The number of nitrogens with zero attached hydrogens (tertiary/aromatic N) is 1. The van der Waals surface area contributed by atoms with Crippen LogP contribution in [0.25, 0.3) is 0 Å². The van der Waals surface area contributed by atoms with Gasteiger partial charge >= 0.3 is 0 Å². The molecule has 0 aliphatic heterocycles. The van der Waals surface area contributed by atoms with Crippen LogP contribution in [0.15, 0.2) is 12.4 Å². The van der Waals surface area contributed by atoms with E-state index in [1.165, 1.54) is 0 Å². The van der Waals surface area contributed by atoms with Gasteiger partial charge in [-0.3, -0.25) is 4.98 Å². The normalized spacial score (nSPS) is 17.9. The van der Waals surface area contributed by atoms with Crippen molar-refractivity contribution < 1.29 is 8.78 Å². The van der Waals surface area contributed by atoms with Gasteiger partial charge in [0.1, 0.15) is 11.6 Å². The summed E-state index contributed by atoms with van der Waals surface area (Å²) in [5, 5.41) is 0. The summed E-state index contributed by atoms with van der Waals surface area (Å²) in [5.74, 6) is 1.16.